The van der Waals surface area contributed by atoms with E-state index < -0.39 is 0 Å². The molecule has 4 atom stereocenters. The Morgan fingerprint density at radius 2 is 2.00 bits per heavy atom. The van der Waals surface area contributed by atoms with Gasteiger partial charge in [0.05, 0.1) is 5.92 Å². The van der Waals surface area contributed by atoms with Crippen LogP contribution in [0.4, 0.5) is 0 Å². The fourth-order valence-corrected chi connectivity index (χ4v) is 4.46. The number of amides is 1. The predicted molar refractivity (Wildman–Crippen MR) is 81.0 cm³/mol. The average molecular weight is 276 g/mol. The van der Waals surface area contributed by atoms with E-state index in [2.05, 4.69) is 26.8 Å². The molecule has 0 aromatic carbocycles. The van der Waals surface area contributed by atoms with Crippen LogP contribution >= 0.6 is 0 Å². The molecule has 1 amide bonds. The molecule has 0 spiro atoms. The van der Waals surface area contributed by atoms with Crippen molar-refractivity contribution in [2.45, 2.75) is 52.5 Å². The van der Waals surface area contributed by atoms with Gasteiger partial charge in [0.15, 0.2) is 0 Å². The summed E-state index contributed by atoms with van der Waals surface area (Å²) in [5, 5.41) is 0. The Labute approximate surface area is 122 Å². The zero-order valence-electron chi connectivity index (χ0n) is 13.1. The highest BCUT2D eigenvalue weighted by molar-refractivity contribution is 5.81. The van der Waals surface area contributed by atoms with Gasteiger partial charge < -0.3 is 10.6 Å². The van der Waals surface area contributed by atoms with E-state index in [9.17, 15) is 4.79 Å². The van der Waals surface area contributed by atoms with Gasteiger partial charge in [0.2, 0.25) is 5.91 Å². The molecule has 0 radical (unpaired) electrons. The highest BCUT2D eigenvalue weighted by Gasteiger charge is 2.50. The summed E-state index contributed by atoms with van der Waals surface area (Å²) in [5.41, 5.74) is 8.02. The van der Waals surface area contributed by atoms with Crippen LogP contribution in [0, 0.1) is 23.2 Å². The number of hydrogen-bond acceptors (Lipinski definition) is 2. The second kappa shape index (κ2) is 4.87. The Hall–Kier alpha value is -0.830. The molecule has 3 rings (SSSR count). The smallest absolute Gasteiger partial charge is 0.227 e. The second-order valence-electron chi connectivity index (χ2n) is 7.95. The molecule has 3 aliphatic rings. The van der Waals surface area contributed by atoms with E-state index in [-0.39, 0.29) is 17.4 Å². The van der Waals surface area contributed by atoms with Gasteiger partial charge in [0, 0.05) is 19.1 Å². The van der Waals surface area contributed by atoms with Gasteiger partial charge in [-0.25, -0.2) is 0 Å². The maximum Gasteiger partial charge on any atom is 0.227 e. The van der Waals surface area contributed by atoms with Gasteiger partial charge in [-0.1, -0.05) is 32.4 Å². The van der Waals surface area contributed by atoms with Crippen molar-refractivity contribution >= 4 is 5.91 Å². The Morgan fingerprint density at radius 3 is 2.50 bits per heavy atom. The van der Waals surface area contributed by atoms with Crippen LogP contribution in [0.25, 0.3) is 0 Å². The summed E-state index contributed by atoms with van der Waals surface area (Å²) in [7, 11) is 0. The van der Waals surface area contributed by atoms with E-state index in [1.807, 2.05) is 4.90 Å². The van der Waals surface area contributed by atoms with Gasteiger partial charge in [0.25, 0.3) is 0 Å². The molecule has 0 aromatic rings. The maximum atomic E-state index is 12.8. The number of hydrogen-bond donors (Lipinski definition) is 1. The molecule has 2 N–H and O–H groups in total. The quantitative estimate of drug-likeness (QED) is 0.748. The summed E-state index contributed by atoms with van der Waals surface area (Å²) in [6.07, 6.45) is 6.93. The van der Waals surface area contributed by atoms with Crippen LogP contribution in [0.15, 0.2) is 11.6 Å². The summed E-state index contributed by atoms with van der Waals surface area (Å²) in [5.74, 6) is 1.61. The summed E-state index contributed by atoms with van der Waals surface area (Å²) in [6, 6.07) is 0.120. The van der Waals surface area contributed by atoms with Crippen LogP contribution in [0.5, 0.6) is 0 Å². The minimum atomic E-state index is 0.110. The van der Waals surface area contributed by atoms with Crippen molar-refractivity contribution in [3.8, 4) is 0 Å². The largest absolute Gasteiger partial charge is 0.338 e. The normalized spacial score (nSPS) is 37.2. The number of carbonyl (C=O) groups is 1. The Morgan fingerprint density at radius 1 is 1.30 bits per heavy atom. The predicted octanol–water partition coefficient (Wildman–Crippen LogP) is 2.56. The third-order valence-electron chi connectivity index (χ3n) is 5.75. The summed E-state index contributed by atoms with van der Waals surface area (Å²) < 4.78 is 0. The molecule has 1 aliphatic heterocycles. The summed E-state index contributed by atoms with van der Waals surface area (Å²) >= 11 is 0. The van der Waals surface area contributed by atoms with Crippen LogP contribution in [0.3, 0.4) is 0 Å². The minimum absolute atomic E-state index is 0.110. The highest BCUT2D eigenvalue weighted by atomic mass is 16.2. The Kier molecular flexibility index (Phi) is 3.44. The SMILES string of the molecule is CC(C)(C)C1=CCN(C(=O)C2C3CCC(C3)C2N)CC1. The van der Waals surface area contributed by atoms with Crippen molar-refractivity contribution in [3.05, 3.63) is 11.6 Å². The van der Waals surface area contributed by atoms with E-state index in [1.54, 1.807) is 0 Å². The molecule has 20 heavy (non-hydrogen) atoms. The molecule has 3 nitrogen and oxygen atoms in total. The molecule has 112 valence electrons. The first-order chi connectivity index (χ1) is 9.38. The van der Waals surface area contributed by atoms with Gasteiger partial charge in [-0.05, 0) is 42.9 Å². The number of nitrogens with zero attached hydrogens (tertiary/aromatic N) is 1. The van der Waals surface area contributed by atoms with Crippen molar-refractivity contribution < 1.29 is 4.79 Å². The maximum absolute atomic E-state index is 12.8. The lowest BCUT2D eigenvalue weighted by Gasteiger charge is -2.36. The van der Waals surface area contributed by atoms with Crippen LogP contribution in [-0.4, -0.2) is 29.9 Å². The molecule has 0 aromatic heterocycles. The fraction of sp³-hybridized carbons (Fsp3) is 0.824. The van der Waals surface area contributed by atoms with E-state index in [0.29, 0.717) is 17.7 Å². The number of rotatable bonds is 1. The van der Waals surface area contributed by atoms with Crippen molar-refractivity contribution in [1.82, 2.24) is 4.90 Å². The second-order valence-corrected chi connectivity index (χ2v) is 7.95. The highest BCUT2D eigenvalue weighted by Crippen LogP contribution is 2.48. The standard InChI is InChI=1S/C17H28N2O/c1-17(2,3)13-6-8-19(9-7-13)16(20)14-11-4-5-12(10-11)15(14)18/h6,11-12,14-15H,4-5,7-10,18H2,1-3H3. The van der Waals surface area contributed by atoms with E-state index in [1.165, 1.54) is 24.8 Å². The number of nitrogens with two attached hydrogens (primary N) is 1. The van der Waals surface area contributed by atoms with Gasteiger partial charge in [0.1, 0.15) is 0 Å². The topological polar surface area (TPSA) is 46.3 Å². The van der Waals surface area contributed by atoms with E-state index in [4.69, 9.17) is 5.73 Å². The lowest BCUT2D eigenvalue weighted by molar-refractivity contribution is -0.137. The van der Waals surface area contributed by atoms with Crippen molar-refractivity contribution in [3.63, 3.8) is 0 Å². The van der Waals surface area contributed by atoms with Crippen molar-refractivity contribution in [2.75, 3.05) is 13.1 Å². The molecule has 2 bridgehead atoms. The first-order valence-electron chi connectivity index (χ1n) is 8.12. The molecule has 1 heterocycles. The molecule has 2 fully saturated rings. The van der Waals surface area contributed by atoms with Gasteiger partial charge >= 0.3 is 0 Å². The van der Waals surface area contributed by atoms with Gasteiger partial charge in [-0.2, -0.15) is 0 Å². The zero-order chi connectivity index (χ0) is 14.5. The zero-order valence-corrected chi connectivity index (χ0v) is 13.1. The van der Waals surface area contributed by atoms with Gasteiger partial charge in [-0.3, -0.25) is 4.79 Å². The van der Waals surface area contributed by atoms with Crippen molar-refractivity contribution in [1.29, 1.82) is 0 Å². The van der Waals surface area contributed by atoms with Gasteiger partial charge in [-0.15, -0.1) is 0 Å². The van der Waals surface area contributed by atoms with Crippen LogP contribution < -0.4 is 5.73 Å². The van der Waals surface area contributed by atoms with Crippen molar-refractivity contribution in [2.24, 2.45) is 28.9 Å². The van der Waals surface area contributed by atoms with Crippen LogP contribution in [-0.2, 0) is 4.79 Å². The van der Waals surface area contributed by atoms with E-state index in [0.717, 1.165) is 19.5 Å². The molecule has 3 heteroatoms. The molecular weight excluding hydrogens is 248 g/mol. The van der Waals surface area contributed by atoms with E-state index >= 15 is 0 Å². The third-order valence-corrected chi connectivity index (χ3v) is 5.75. The molecule has 4 unspecified atom stereocenters. The monoisotopic (exact) mass is 276 g/mol. The third kappa shape index (κ3) is 2.30. The first-order valence-corrected chi connectivity index (χ1v) is 8.12. The minimum Gasteiger partial charge on any atom is -0.338 e. The molecular formula is C17H28N2O. The molecule has 0 saturated heterocycles. The van der Waals surface area contributed by atoms with Crippen LogP contribution in [0.1, 0.15) is 46.5 Å². The van der Waals surface area contributed by atoms with Crippen LogP contribution in [0.2, 0.25) is 0 Å². The molecule has 2 saturated carbocycles. The Balaban J connectivity index is 1.67. The lowest BCUT2D eigenvalue weighted by atomic mass is 9.81. The summed E-state index contributed by atoms with van der Waals surface area (Å²) in [4.78, 5) is 14.8. The number of fused-ring (bicyclic) bond motifs is 2. The average Bonchev–Trinajstić information content (AvgIpc) is 2.98. The first kappa shape index (κ1) is 14.1. The number of carbonyl (C=O) groups excluding carboxylic acids is 1. The Bertz CT molecular complexity index is 433. The fourth-order valence-electron chi connectivity index (χ4n) is 4.46. The lowest BCUT2D eigenvalue weighted by Crippen LogP contribution is -2.48. The summed E-state index contributed by atoms with van der Waals surface area (Å²) in [6.45, 7) is 8.42. The molecule has 2 aliphatic carbocycles.